The summed E-state index contributed by atoms with van der Waals surface area (Å²) in [5, 5.41) is 0.758. The zero-order chi connectivity index (χ0) is 6.69. The molecular weight excluding hydrogens is 172 g/mol. The maximum atomic E-state index is 5.68. The lowest BCUT2D eigenvalue weighted by Crippen LogP contribution is -1.64. The molecule has 0 aliphatic rings. The van der Waals surface area contributed by atoms with Crippen molar-refractivity contribution in [3.8, 4) is 0 Å². The van der Waals surface area contributed by atoms with E-state index in [1.165, 1.54) is 10.8 Å². The quantitative estimate of drug-likeness (QED) is 0.506. The molecule has 0 saturated carbocycles. The summed E-state index contributed by atoms with van der Waals surface area (Å²) in [7, 11) is 1.39. The normalized spacial score (nSPS) is 9.56. The second-order valence-electron chi connectivity index (χ2n) is 1.55. The van der Waals surface area contributed by atoms with Gasteiger partial charge in [0.15, 0.2) is 0 Å². The lowest BCUT2D eigenvalue weighted by Gasteiger charge is -1.92. The van der Waals surface area contributed by atoms with Gasteiger partial charge >= 0.3 is 0 Å². The molecule has 0 atom stereocenters. The van der Waals surface area contributed by atoms with Crippen LogP contribution in [0.1, 0.15) is 0 Å². The van der Waals surface area contributed by atoms with Crippen LogP contribution in [0.4, 0.5) is 0 Å². The lowest BCUT2D eigenvalue weighted by atomic mass is 10.4. The number of thiol groups is 1. The Morgan fingerprint density at radius 1 is 1.44 bits per heavy atom. The van der Waals surface area contributed by atoms with Gasteiger partial charge in [0.2, 0.25) is 0 Å². The third kappa shape index (κ3) is 2.12. The molecule has 0 bridgehead atoms. The second-order valence-corrected chi connectivity index (χ2v) is 3.19. The third-order valence-electron chi connectivity index (χ3n) is 0.901. The Bertz CT molecular complexity index is 200. The fourth-order valence-corrected chi connectivity index (χ4v) is 1.44. The lowest BCUT2D eigenvalue weighted by molar-refractivity contribution is 1.48. The molecule has 0 saturated heterocycles. The topological polar surface area (TPSA) is 0 Å². The summed E-state index contributed by atoms with van der Waals surface area (Å²) in [6, 6.07) is 7.58. The minimum Gasteiger partial charge on any atom is -0.106 e. The van der Waals surface area contributed by atoms with Crippen LogP contribution in [0.5, 0.6) is 0 Å². The molecule has 0 heterocycles. The van der Waals surface area contributed by atoms with E-state index in [1.807, 2.05) is 24.3 Å². The fourth-order valence-electron chi connectivity index (χ4n) is 0.524. The molecule has 1 aromatic rings. The minimum absolute atomic E-state index is 0.758. The number of rotatable bonds is 1. The van der Waals surface area contributed by atoms with Crippen LogP contribution in [0.3, 0.4) is 0 Å². The Hall–Kier alpha value is 0.210. The van der Waals surface area contributed by atoms with Gasteiger partial charge in [-0.15, -0.1) is 11.7 Å². The molecule has 0 fully saturated rings. The first-order chi connectivity index (χ1) is 4.33. The van der Waals surface area contributed by atoms with Crippen LogP contribution in [-0.4, -0.2) is 0 Å². The molecular formula is C6H5ClS2. The van der Waals surface area contributed by atoms with Gasteiger partial charge in [-0.1, -0.05) is 28.5 Å². The summed E-state index contributed by atoms with van der Waals surface area (Å²) in [5.74, 6) is 0. The van der Waals surface area contributed by atoms with Crippen LogP contribution in [0.2, 0.25) is 5.02 Å². The summed E-state index contributed by atoms with van der Waals surface area (Å²) in [5.41, 5.74) is 0. The van der Waals surface area contributed by atoms with E-state index in [0.29, 0.717) is 0 Å². The van der Waals surface area contributed by atoms with Crippen molar-refractivity contribution in [2.45, 2.75) is 4.90 Å². The van der Waals surface area contributed by atoms with Crippen molar-refractivity contribution in [2.24, 2.45) is 0 Å². The van der Waals surface area contributed by atoms with Crippen molar-refractivity contribution >= 4 is 34.1 Å². The van der Waals surface area contributed by atoms with Crippen molar-refractivity contribution in [3.63, 3.8) is 0 Å². The number of benzene rings is 1. The first-order valence-corrected chi connectivity index (χ1v) is 4.64. The van der Waals surface area contributed by atoms with E-state index in [-0.39, 0.29) is 0 Å². The summed E-state index contributed by atoms with van der Waals surface area (Å²) in [6.07, 6.45) is 0. The van der Waals surface area contributed by atoms with Crippen LogP contribution in [-0.2, 0) is 0 Å². The van der Waals surface area contributed by atoms with Crippen molar-refractivity contribution in [1.29, 1.82) is 0 Å². The minimum atomic E-state index is 0.758. The van der Waals surface area contributed by atoms with Gasteiger partial charge in [-0.25, -0.2) is 0 Å². The first-order valence-electron chi connectivity index (χ1n) is 2.40. The van der Waals surface area contributed by atoms with Crippen molar-refractivity contribution in [1.82, 2.24) is 0 Å². The van der Waals surface area contributed by atoms with E-state index in [2.05, 4.69) is 11.7 Å². The number of hydrogen-bond acceptors (Lipinski definition) is 2. The van der Waals surface area contributed by atoms with Crippen LogP contribution < -0.4 is 0 Å². The first kappa shape index (κ1) is 7.32. The van der Waals surface area contributed by atoms with E-state index < -0.39 is 0 Å². The second kappa shape index (κ2) is 3.40. The Morgan fingerprint density at radius 2 is 2.22 bits per heavy atom. The Kier molecular flexibility index (Phi) is 2.76. The zero-order valence-electron chi connectivity index (χ0n) is 4.54. The molecule has 1 rings (SSSR count). The van der Waals surface area contributed by atoms with E-state index in [1.54, 1.807) is 0 Å². The predicted octanol–water partition coefficient (Wildman–Crippen LogP) is 3.28. The highest BCUT2D eigenvalue weighted by molar-refractivity contribution is 8.68. The number of halogens is 1. The van der Waals surface area contributed by atoms with Gasteiger partial charge in [0.1, 0.15) is 0 Å². The molecule has 3 heteroatoms. The third-order valence-corrected chi connectivity index (χ3v) is 2.23. The van der Waals surface area contributed by atoms with Gasteiger partial charge in [-0.3, -0.25) is 0 Å². The van der Waals surface area contributed by atoms with Crippen LogP contribution in [0.25, 0.3) is 0 Å². The van der Waals surface area contributed by atoms with E-state index in [9.17, 15) is 0 Å². The molecule has 1 aromatic carbocycles. The van der Waals surface area contributed by atoms with Crippen LogP contribution in [0, 0.1) is 0 Å². The highest BCUT2D eigenvalue weighted by Gasteiger charge is 1.88. The molecule has 9 heavy (non-hydrogen) atoms. The van der Waals surface area contributed by atoms with Crippen molar-refractivity contribution < 1.29 is 0 Å². The maximum Gasteiger partial charge on any atom is 0.0417 e. The maximum absolute atomic E-state index is 5.68. The Balaban J connectivity index is 2.94. The van der Waals surface area contributed by atoms with Crippen LogP contribution in [0.15, 0.2) is 29.2 Å². The molecule has 0 aliphatic heterocycles. The molecule has 0 aromatic heterocycles. The highest BCUT2D eigenvalue weighted by atomic mass is 35.5. The smallest absolute Gasteiger partial charge is 0.0417 e. The molecule has 48 valence electrons. The van der Waals surface area contributed by atoms with E-state index in [0.717, 1.165) is 9.92 Å². The van der Waals surface area contributed by atoms with Crippen molar-refractivity contribution in [2.75, 3.05) is 0 Å². The molecule has 0 aliphatic carbocycles. The standard InChI is InChI=1S/C6H5ClS2/c7-5-2-1-3-6(4-5)9-8/h1-4,8H. The molecule has 0 radical (unpaired) electrons. The van der Waals surface area contributed by atoms with Gasteiger partial charge in [-0.05, 0) is 18.2 Å². The monoisotopic (exact) mass is 176 g/mol. The highest BCUT2D eigenvalue weighted by Crippen LogP contribution is 2.23. The summed E-state index contributed by atoms with van der Waals surface area (Å²) in [4.78, 5) is 1.07. The summed E-state index contributed by atoms with van der Waals surface area (Å²) in [6.45, 7) is 0. The average molecular weight is 177 g/mol. The summed E-state index contributed by atoms with van der Waals surface area (Å²) < 4.78 is 0. The Labute approximate surface area is 68.4 Å². The van der Waals surface area contributed by atoms with Gasteiger partial charge < -0.3 is 0 Å². The molecule has 0 unspecified atom stereocenters. The largest absolute Gasteiger partial charge is 0.106 e. The van der Waals surface area contributed by atoms with Crippen LogP contribution >= 0.6 is 34.1 Å². The molecule has 0 N–H and O–H groups in total. The SMILES string of the molecule is SSc1cccc(Cl)c1. The molecule has 0 amide bonds. The van der Waals surface area contributed by atoms with Gasteiger partial charge in [-0.2, -0.15) is 0 Å². The van der Waals surface area contributed by atoms with E-state index in [4.69, 9.17) is 11.6 Å². The van der Waals surface area contributed by atoms with Crippen molar-refractivity contribution in [3.05, 3.63) is 29.3 Å². The summed E-state index contributed by atoms with van der Waals surface area (Å²) >= 11 is 9.69. The molecule has 0 spiro atoms. The average Bonchev–Trinajstić information content (AvgIpc) is 1.88. The van der Waals surface area contributed by atoms with Gasteiger partial charge in [0.25, 0.3) is 0 Å². The van der Waals surface area contributed by atoms with Gasteiger partial charge in [0, 0.05) is 9.92 Å². The Morgan fingerprint density at radius 3 is 2.67 bits per heavy atom. The molecule has 0 nitrogen and oxygen atoms in total. The van der Waals surface area contributed by atoms with Gasteiger partial charge in [0.05, 0.1) is 0 Å². The van der Waals surface area contributed by atoms with E-state index >= 15 is 0 Å². The number of hydrogen-bond donors (Lipinski definition) is 1. The zero-order valence-corrected chi connectivity index (χ0v) is 7.01. The predicted molar refractivity (Wildman–Crippen MR) is 46.3 cm³/mol. The fraction of sp³-hybridized carbons (Fsp3) is 0.